The largest absolute Gasteiger partial charge is 0.343 e. The third-order valence-electron chi connectivity index (χ3n) is 3.18. The molecular formula is C12H22N2O2S. The Kier molecular flexibility index (Phi) is 5.31. The fourth-order valence-electron chi connectivity index (χ4n) is 1.97. The number of hydrogen-bond acceptors (Lipinski definition) is 3. The van der Waals surface area contributed by atoms with Crippen molar-refractivity contribution in [1.82, 2.24) is 10.2 Å². The molecule has 1 aliphatic rings. The highest BCUT2D eigenvalue weighted by Gasteiger charge is 2.37. The van der Waals surface area contributed by atoms with Crippen LogP contribution < -0.4 is 5.32 Å². The summed E-state index contributed by atoms with van der Waals surface area (Å²) in [6, 6.07) is -0.664. The lowest BCUT2D eigenvalue weighted by Crippen LogP contribution is -2.63. The van der Waals surface area contributed by atoms with Crippen molar-refractivity contribution in [2.75, 3.05) is 12.8 Å². The molecule has 3 unspecified atom stereocenters. The average molecular weight is 258 g/mol. The van der Waals surface area contributed by atoms with Gasteiger partial charge in [0.05, 0.1) is 0 Å². The Morgan fingerprint density at radius 1 is 1.47 bits per heavy atom. The Morgan fingerprint density at radius 2 is 2.12 bits per heavy atom. The van der Waals surface area contributed by atoms with Crippen LogP contribution in [0.15, 0.2) is 0 Å². The van der Waals surface area contributed by atoms with E-state index in [2.05, 4.69) is 12.2 Å². The van der Waals surface area contributed by atoms with E-state index in [9.17, 15) is 9.59 Å². The molecule has 0 aromatic heterocycles. The molecule has 1 aliphatic heterocycles. The van der Waals surface area contributed by atoms with Crippen molar-refractivity contribution in [3.8, 4) is 0 Å². The summed E-state index contributed by atoms with van der Waals surface area (Å²) in [6.45, 7) is 6.54. The number of amides is 2. The molecule has 98 valence electrons. The van der Waals surface area contributed by atoms with Crippen LogP contribution in [-0.2, 0) is 9.59 Å². The summed E-state index contributed by atoms with van der Waals surface area (Å²) in [4.78, 5) is 25.7. The lowest BCUT2D eigenvalue weighted by Gasteiger charge is -2.38. The fourth-order valence-corrected chi connectivity index (χ4v) is 2.28. The standard InChI is InChI=1S/C12H22N2O2S/c1-5-6-10-12(16)14(7-8(2)17-4)9(3)11(15)13-10/h8-10H,5-7H2,1-4H3,(H,13,15). The lowest BCUT2D eigenvalue weighted by molar-refractivity contribution is -0.148. The second kappa shape index (κ2) is 6.28. The van der Waals surface area contributed by atoms with Crippen molar-refractivity contribution in [2.24, 2.45) is 0 Å². The van der Waals surface area contributed by atoms with Crippen LogP contribution in [0.1, 0.15) is 33.6 Å². The molecule has 0 aromatic carbocycles. The van der Waals surface area contributed by atoms with Crippen LogP contribution in [0.3, 0.4) is 0 Å². The molecular weight excluding hydrogens is 236 g/mol. The number of hydrogen-bond donors (Lipinski definition) is 1. The number of carbonyl (C=O) groups excluding carboxylic acids is 2. The topological polar surface area (TPSA) is 49.4 Å². The molecule has 1 heterocycles. The van der Waals surface area contributed by atoms with Crippen molar-refractivity contribution in [3.63, 3.8) is 0 Å². The van der Waals surface area contributed by atoms with Gasteiger partial charge >= 0.3 is 0 Å². The van der Waals surface area contributed by atoms with E-state index in [4.69, 9.17) is 0 Å². The summed E-state index contributed by atoms with van der Waals surface area (Å²) in [5, 5.41) is 3.16. The van der Waals surface area contributed by atoms with Crippen LogP contribution in [0.25, 0.3) is 0 Å². The normalized spacial score (nSPS) is 26.9. The minimum absolute atomic E-state index is 0.0312. The second-order valence-corrected chi connectivity index (χ2v) is 5.84. The molecule has 17 heavy (non-hydrogen) atoms. The van der Waals surface area contributed by atoms with E-state index in [-0.39, 0.29) is 23.9 Å². The molecule has 0 spiro atoms. The van der Waals surface area contributed by atoms with E-state index in [1.807, 2.05) is 13.2 Å². The average Bonchev–Trinajstić information content (AvgIpc) is 2.31. The predicted octanol–water partition coefficient (Wildman–Crippen LogP) is 1.25. The van der Waals surface area contributed by atoms with Crippen molar-refractivity contribution in [3.05, 3.63) is 0 Å². The van der Waals surface area contributed by atoms with Crippen molar-refractivity contribution in [2.45, 2.75) is 50.9 Å². The van der Waals surface area contributed by atoms with Gasteiger partial charge in [-0.05, 0) is 19.6 Å². The zero-order chi connectivity index (χ0) is 13.0. The van der Waals surface area contributed by atoms with Crippen LogP contribution >= 0.6 is 11.8 Å². The van der Waals surface area contributed by atoms with Gasteiger partial charge in [-0.3, -0.25) is 9.59 Å². The van der Waals surface area contributed by atoms with E-state index in [0.29, 0.717) is 11.8 Å². The SMILES string of the molecule is CCCC1NC(=O)C(C)N(CC(C)SC)C1=O. The highest BCUT2D eigenvalue weighted by atomic mass is 32.2. The minimum atomic E-state index is -0.342. The van der Waals surface area contributed by atoms with Gasteiger partial charge in [0.1, 0.15) is 12.1 Å². The molecule has 0 bridgehead atoms. The molecule has 0 radical (unpaired) electrons. The summed E-state index contributed by atoms with van der Waals surface area (Å²) in [5.41, 5.74) is 0. The zero-order valence-corrected chi connectivity index (χ0v) is 11.8. The summed E-state index contributed by atoms with van der Waals surface area (Å²) >= 11 is 1.71. The zero-order valence-electron chi connectivity index (χ0n) is 11.0. The van der Waals surface area contributed by atoms with Gasteiger partial charge in [0.15, 0.2) is 0 Å². The summed E-state index contributed by atoms with van der Waals surface area (Å²) in [7, 11) is 0. The fraction of sp³-hybridized carbons (Fsp3) is 0.833. The van der Waals surface area contributed by atoms with Crippen molar-refractivity contribution < 1.29 is 9.59 Å². The molecule has 4 nitrogen and oxygen atoms in total. The third kappa shape index (κ3) is 3.37. The molecule has 0 aliphatic carbocycles. The summed E-state index contributed by atoms with van der Waals surface area (Å²) in [6.07, 6.45) is 3.64. The van der Waals surface area contributed by atoms with Crippen molar-refractivity contribution >= 4 is 23.6 Å². The first-order valence-electron chi connectivity index (χ1n) is 6.14. The van der Waals surface area contributed by atoms with Crippen LogP contribution in [0, 0.1) is 0 Å². The lowest BCUT2D eigenvalue weighted by atomic mass is 10.0. The monoisotopic (exact) mass is 258 g/mol. The molecule has 3 atom stereocenters. The van der Waals surface area contributed by atoms with Crippen LogP contribution in [0.5, 0.6) is 0 Å². The van der Waals surface area contributed by atoms with Gasteiger partial charge < -0.3 is 10.2 Å². The maximum absolute atomic E-state index is 12.2. The van der Waals surface area contributed by atoms with E-state index in [0.717, 1.165) is 12.8 Å². The Morgan fingerprint density at radius 3 is 2.65 bits per heavy atom. The number of piperazine rings is 1. The molecule has 0 aromatic rings. The quantitative estimate of drug-likeness (QED) is 0.807. The maximum atomic E-state index is 12.2. The summed E-state index contributed by atoms with van der Waals surface area (Å²) < 4.78 is 0. The van der Waals surface area contributed by atoms with E-state index in [1.165, 1.54) is 0 Å². The van der Waals surface area contributed by atoms with Gasteiger partial charge in [0.2, 0.25) is 11.8 Å². The second-order valence-electron chi connectivity index (χ2n) is 4.56. The first-order valence-corrected chi connectivity index (χ1v) is 7.43. The number of nitrogens with zero attached hydrogens (tertiary/aromatic N) is 1. The number of carbonyl (C=O) groups is 2. The minimum Gasteiger partial charge on any atom is -0.343 e. The molecule has 5 heteroatoms. The van der Waals surface area contributed by atoms with Crippen LogP contribution in [0.4, 0.5) is 0 Å². The van der Waals surface area contributed by atoms with E-state index >= 15 is 0 Å². The number of nitrogens with one attached hydrogen (secondary N) is 1. The molecule has 0 saturated carbocycles. The smallest absolute Gasteiger partial charge is 0.245 e. The Balaban J connectivity index is 2.76. The molecule has 1 N–H and O–H groups in total. The van der Waals surface area contributed by atoms with Crippen LogP contribution in [-0.4, -0.2) is 46.8 Å². The first kappa shape index (κ1) is 14.4. The van der Waals surface area contributed by atoms with E-state index < -0.39 is 0 Å². The summed E-state index contributed by atoms with van der Waals surface area (Å²) in [5.74, 6) is 0.0382. The highest BCUT2D eigenvalue weighted by Crippen LogP contribution is 2.16. The van der Waals surface area contributed by atoms with Crippen molar-refractivity contribution in [1.29, 1.82) is 0 Å². The van der Waals surface area contributed by atoms with Gasteiger partial charge in [-0.2, -0.15) is 11.8 Å². The Bertz CT molecular complexity index is 296. The maximum Gasteiger partial charge on any atom is 0.245 e. The van der Waals surface area contributed by atoms with Gasteiger partial charge in [0, 0.05) is 11.8 Å². The molecule has 1 rings (SSSR count). The number of rotatable bonds is 5. The molecule has 1 saturated heterocycles. The van der Waals surface area contributed by atoms with Gasteiger partial charge in [-0.1, -0.05) is 20.3 Å². The molecule has 1 fully saturated rings. The Hall–Kier alpha value is -0.710. The first-order chi connectivity index (χ1) is 8.01. The highest BCUT2D eigenvalue weighted by molar-refractivity contribution is 7.99. The predicted molar refractivity (Wildman–Crippen MR) is 71.0 cm³/mol. The van der Waals surface area contributed by atoms with Gasteiger partial charge in [0.25, 0.3) is 0 Å². The number of thioether (sulfide) groups is 1. The van der Waals surface area contributed by atoms with Crippen LogP contribution in [0.2, 0.25) is 0 Å². The van der Waals surface area contributed by atoms with Gasteiger partial charge in [-0.15, -0.1) is 0 Å². The molecule has 2 amide bonds. The van der Waals surface area contributed by atoms with E-state index in [1.54, 1.807) is 23.6 Å². The third-order valence-corrected chi connectivity index (χ3v) is 4.13. The van der Waals surface area contributed by atoms with Gasteiger partial charge in [-0.25, -0.2) is 0 Å². The Labute approximate surface area is 108 Å².